The Morgan fingerprint density at radius 3 is 0.836 bits per heavy atom. The molecule has 0 radical (unpaired) electrons. The highest BCUT2D eigenvalue weighted by Gasteiger charge is 2.19. The molecule has 0 fully saturated rings. The van der Waals surface area contributed by atoms with Crippen LogP contribution >= 0.6 is 0 Å². The topological polar surface area (TPSA) is 78.9 Å². The summed E-state index contributed by atoms with van der Waals surface area (Å²) in [6, 6.07) is 0. The maximum atomic E-state index is 12.9. The molecule has 0 amide bonds. The Kier molecular flexibility index (Phi) is 58.7. The summed E-state index contributed by atoms with van der Waals surface area (Å²) in [7, 11) is 0. The fourth-order valence-electron chi connectivity index (χ4n) is 8.90. The number of allylic oxidation sites excluding steroid dienone is 12. The van der Waals surface area contributed by atoms with E-state index in [1.165, 1.54) is 180 Å². The predicted octanol–water partition coefficient (Wildman–Crippen LogP) is 21.3. The molecule has 0 spiro atoms. The summed E-state index contributed by atoms with van der Waals surface area (Å²) in [4.78, 5) is 38.2. The molecule has 1 unspecified atom stereocenters. The van der Waals surface area contributed by atoms with Gasteiger partial charge in [0.2, 0.25) is 0 Å². The van der Waals surface area contributed by atoms with Crippen LogP contribution in [0.5, 0.6) is 0 Å². The maximum absolute atomic E-state index is 12.9. The number of carbonyl (C=O) groups is 3. The van der Waals surface area contributed by atoms with Crippen LogP contribution in [0, 0.1) is 0 Å². The molecule has 0 N–H and O–H groups in total. The van der Waals surface area contributed by atoms with Gasteiger partial charge in [-0.25, -0.2) is 0 Å². The minimum Gasteiger partial charge on any atom is -0.462 e. The van der Waals surface area contributed by atoms with Gasteiger partial charge in [0.1, 0.15) is 13.2 Å². The van der Waals surface area contributed by atoms with Crippen molar-refractivity contribution in [3.05, 3.63) is 72.9 Å². The summed E-state index contributed by atoms with van der Waals surface area (Å²) in [5.41, 5.74) is 0. The lowest BCUT2D eigenvalue weighted by molar-refractivity contribution is -0.167. The molecule has 0 rings (SSSR count). The Morgan fingerprint density at radius 1 is 0.274 bits per heavy atom. The third-order valence-corrected chi connectivity index (χ3v) is 13.6. The first-order chi connectivity index (χ1) is 36.0. The first kappa shape index (κ1) is 69.8. The molecule has 0 saturated heterocycles. The molecule has 73 heavy (non-hydrogen) atoms. The Morgan fingerprint density at radius 2 is 0.521 bits per heavy atom. The van der Waals surface area contributed by atoms with Crippen LogP contribution in [0.1, 0.15) is 316 Å². The average Bonchev–Trinajstić information content (AvgIpc) is 3.39. The number of esters is 3. The van der Waals surface area contributed by atoms with Crippen molar-refractivity contribution in [1.82, 2.24) is 0 Å². The second-order valence-electron chi connectivity index (χ2n) is 21.0. The van der Waals surface area contributed by atoms with Crippen molar-refractivity contribution in [3.8, 4) is 0 Å². The van der Waals surface area contributed by atoms with Gasteiger partial charge in [0.15, 0.2) is 6.10 Å². The molecule has 0 bridgehead atoms. The number of carbonyl (C=O) groups excluding carboxylic acids is 3. The first-order valence-corrected chi connectivity index (χ1v) is 31.4. The molecule has 0 saturated carbocycles. The zero-order chi connectivity index (χ0) is 52.9. The number of hydrogen-bond donors (Lipinski definition) is 0. The van der Waals surface area contributed by atoms with E-state index in [-0.39, 0.29) is 31.1 Å². The van der Waals surface area contributed by atoms with E-state index in [2.05, 4.69) is 93.7 Å². The van der Waals surface area contributed by atoms with Gasteiger partial charge in [-0.15, -0.1) is 0 Å². The zero-order valence-electron chi connectivity index (χ0n) is 48.4. The van der Waals surface area contributed by atoms with Crippen LogP contribution in [-0.2, 0) is 28.6 Å². The van der Waals surface area contributed by atoms with Gasteiger partial charge in [0.25, 0.3) is 0 Å². The van der Waals surface area contributed by atoms with Crippen molar-refractivity contribution in [2.45, 2.75) is 322 Å². The van der Waals surface area contributed by atoms with Crippen LogP contribution in [0.2, 0.25) is 0 Å². The van der Waals surface area contributed by atoms with Crippen molar-refractivity contribution in [1.29, 1.82) is 0 Å². The van der Waals surface area contributed by atoms with Crippen molar-refractivity contribution in [3.63, 3.8) is 0 Å². The van der Waals surface area contributed by atoms with Crippen LogP contribution in [0.15, 0.2) is 72.9 Å². The van der Waals surface area contributed by atoms with E-state index in [0.717, 1.165) is 96.3 Å². The molecule has 0 aromatic rings. The molecule has 6 nitrogen and oxygen atoms in total. The minimum atomic E-state index is -0.786. The van der Waals surface area contributed by atoms with E-state index >= 15 is 0 Å². The molecule has 0 aromatic heterocycles. The molecule has 0 heterocycles. The first-order valence-electron chi connectivity index (χ1n) is 31.4. The molecule has 6 heteroatoms. The van der Waals surface area contributed by atoms with Gasteiger partial charge in [0, 0.05) is 19.3 Å². The molecule has 0 aliphatic carbocycles. The third kappa shape index (κ3) is 59.6. The highest BCUT2D eigenvalue weighted by molar-refractivity contribution is 5.71. The number of hydrogen-bond acceptors (Lipinski definition) is 6. The van der Waals surface area contributed by atoms with E-state index in [1.807, 2.05) is 0 Å². The Hall–Kier alpha value is -3.15. The largest absolute Gasteiger partial charge is 0.462 e. The lowest BCUT2D eigenvalue weighted by Crippen LogP contribution is -2.30. The van der Waals surface area contributed by atoms with Gasteiger partial charge in [-0.2, -0.15) is 0 Å². The lowest BCUT2D eigenvalue weighted by Gasteiger charge is -2.18. The molecular weight excluding hydrogens is 901 g/mol. The van der Waals surface area contributed by atoms with E-state index in [9.17, 15) is 14.4 Å². The van der Waals surface area contributed by atoms with Crippen molar-refractivity contribution < 1.29 is 28.6 Å². The van der Waals surface area contributed by atoms with Gasteiger partial charge in [0.05, 0.1) is 0 Å². The summed E-state index contributed by atoms with van der Waals surface area (Å²) in [5, 5.41) is 0. The summed E-state index contributed by atoms with van der Waals surface area (Å²) in [6.07, 6.45) is 79.0. The predicted molar refractivity (Wildman–Crippen MR) is 316 cm³/mol. The minimum absolute atomic E-state index is 0.0827. The maximum Gasteiger partial charge on any atom is 0.306 e. The number of rotatable bonds is 57. The Bertz CT molecular complexity index is 1360. The summed E-state index contributed by atoms with van der Waals surface area (Å²) in [6.45, 7) is 6.57. The van der Waals surface area contributed by atoms with Gasteiger partial charge < -0.3 is 14.2 Å². The van der Waals surface area contributed by atoms with Crippen LogP contribution in [0.25, 0.3) is 0 Å². The Labute approximate surface area is 453 Å². The quantitative estimate of drug-likeness (QED) is 0.0261. The molecule has 1 atom stereocenters. The smallest absolute Gasteiger partial charge is 0.306 e. The molecule has 0 aliphatic heterocycles. The third-order valence-electron chi connectivity index (χ3n) is 13.6. The second-order valence-corrected chi connectivity index (χ2v) is 21.0. The van der Waals surface area contributed by atoms with E-state index in [0.29, 0.717) is 19.3 Å². The normalized spacial score (nSPS) is 12.5. The molecule has 422 valence electrons. The lowest BCUT2D eigenvalue weighted by atomic mass is 10.1. The van der Waals surface area contributed by atoms with Crippen LogP contribution in [-0.4, -0.2) is 37.2 Å². The highest BCUT2D eigenvalue weighted by atomic mass is 16.6. The zero-order valence-corrected chi connectivity index (χ0v) is 48.4. The van der Waals surface area contributed by atoms with Crippen molar-refractivity contribution >= 4 is 17.9 Å². The standard InChI is InChI=1S/C67H118O6/c1-4-7-10-13-16-19-22-25-27-29-30-31-32-33-34-35-36-38-39-42-45-48-51-54-57-60-66(69)72-63-64(62-71-65(68)59-56-53-50-47-44-41-24-21-18-15-12-9-6-3)73-67(70)61-58-55-52-49-46-43-40-37-28-26-23-20-17-14-11-8-5-2/h12,15,21-22,24-26,28-30,32-33,64H,4-11,13-14,16-20,23,27,31,34-63H2,1-3H3/b15-12-,24-21-,25-22-,28-26-,30-29-,33-32-. The van der Waals surface area contributed by atoms with Gasteiger partial charge in [-0.1, -0.05) is 261 Å². The van der Waals surface area contributed by atoms with Crippen LogP contribution < -0.4 is 0 Å². The second kappa shape index (κ2) is 61.4. The van der Waals surface area contributed by atoms with Crippen molar-refractivity contribution in [2.75, 3.05) is 13.2 Å². The van der Waals surface area contributed by atoms with Crippen molar-refractivity contribution in [2.24, 2.45) is 0 Å². The van der Waals surface area contributed by atoms with Crippen LogP contribution in [0.3, 0.4) is 0 Å². The SMILES string of the molecule is CCC/C=C\C/C=C\CCCCCCCC(=O)OCC(COC(=O)CCCCCCCCCCCC/C=C\C/C=C\C/C=C\CCCCCCC)OC(=O)CCCCCCCCC/C=C\CCCCCCCC. The Balaban J connectivity index is 4.31. The highest BCUT2D eigenvalue weighted by Crippen LogP contribution is 2.16. The van der Waals surface area contributed by atoms with E-state index in [4.69, 9.17) is 14.2 Å². The fourth-order valence-corrected chi connectivity index (χ4v) is 8.90. The number of ether oxygens (including phenoxy) is 3. The molecule has 0 aliphatic rings. The average molecular weight is 1020 g/mol. The summed E-state index contributed by atoms with van der Waals surface area (Å²) < 4.78 is 16.9. The van der Waals surface area contributed by atoms with Gasteiger partial charge in [-0.05, 0) is 109 Å². The summed E-state index contributed by atoms with van der Waals surface area (Å²) in [5.74, 6) is -0.894. The van der Waals surface area contributed by atoms with E-state index in [1.54, 1.807) is 0 Å². The van der Waals surface area contributed by atoms with E-state index < -0.39 is 6.10 Å². The van der Waals surface area contributed by atoms with Gasteiger partial charge in [-0.3, -0.25) is 14.4 Å². The monoisotopic (exact) mass is 1020 g/mol. The van der Waals surface area contributed by atoms with Gasteiger partial charge >= 0.3 is 17.9 Å². The fraction of sp³-hybridized carbons (Fsp3) is 0.776. The molecule has 0 aromatic carbocycles. The summed E-state index contributed by atoms with van der Waals surface area (Å²) >= 11 is 0. The van der Waals surface area contributed by atoms with Crippen LogP contribution in [0.4, 0.5) is 0 Å². The number of unbranched alkanes of at least 4 members (excludes halogenated alkanes) is 34. The molecular formula is C67H118O6.